The van der Waals surface area contributed by atoms with Gasteiger partial charge in [-0.15, -0.1) is 0 Å². The Bertz CT molecular complexity index is 269. The average Bonchev–Trinajstić information content (AvgIpc) is 2.19. The Kier molecular flexibility index (Phi) is 5.20. The summed E-state index contributed by atoms with van der Waals surface area (Å²) in [5.41, 5.74) is 1.34. The second-order valence-corrected chi connectivity index (χ2v) is 4.44. The molecule has 0 fully saturated rings. The number of halogens is 1. The van der Waals surface area contributed by atoms with Crippen LogP contribution in [0.5, 0.6) is 0 Å². The first-order chi connectivity index (χ1) is 6.76. The molecule has 1 nitrogen and oxygen atoms in total. The van der Waals surface area contributed by atoms with Crippen molar-refractivity contribution in [1.82, 2.24) is 5.32 Å². The van der Waals surface area contributed by atoms with Gasteiger partial charge in [0.25, 0.3) is 0 Å². The van der Waals surface area contributed by atoms with E-state index >= 15 is 0 Å². The summed E-state index contributed by atoms with van der Waals surface area (Å²) in [5.74, 6) is 0. The van der Waals surface area contributed by atoms with E-state index < -0.39 is 0 Å². The van der Waals surface area contributed by atoms with Crippen molar-refractivity contribution in [2.24, 2.45) is 0 Å². The van der Waals surface area contributed by atoms with Gasteiger partial charge in [0.05, 0.1) is 0 Å². The molecule has 0 amide bonds. The first-order valence-electron chi connectivity index (χ1n) is 5.24. The van der Waals surface area contributed by atoms with Crippen molar-refractivity contribution in [1.29, 1.82) is 0 Å². The second-order valence-electron chi connectivity index (χ2n) is 3.52. The standard InChI is InChI=1S/C12H18BrN/c1-3-12(4-2)14-9-10-6-5-7-11(13)8-10/h5-8,12,14H,3-4,9H2,1-2H3. The number of benzene rings is 1. The number of hydrogen-bond acceptors (Lipinski definition) is 1. The fourth-order valence-electron chi connectivity index (χ4n) is 1.49. The minimum absolute atomic E-state index is 0.647. The summed E-state index contributed by atoms with van der Waals surface area (Å²) in [6.45, 7) is 5.41. The molecule has 0 saturated carbocycles. The fraction of sp³-hybridized carbons (Fsp3) is 0.500. The van der Waals surface area contributed by atoms with Crippen molar-refractivity contribution in [3.05, 3.63) is 34.3 Å². The zero-order valence-corrected chi connectivity index (χ0v) is 10.5. The topological polar surface area (TPSA) is 12.0 Å². The van der Waals surface area contributed by atoms with E-state index in [1.54, 1.807) is 0 Å². The van der Waals surface area contributed by atoms with Crippen LogP contribution in [-0.4, -0.2) is 6.04 Å². The largest absolute Gasteiger partial charge is 0.310 e. The van der Waals surface area contributed by atoms with Crippen molar-refractivity contribution in [3.8, 4) is 0 Å². The molecule has 0 atom stereocenters. The molecule has 0 aliphatic carbocycles. The van der Waals surface area contributed by atoms with Crippen LogP contribution in [0, 0.1) is 0 Å². The minimum Gasteiger partial charge on any atom is -0.310 e. The molecule has 0 radical (unpaired) electrons. The Morgan fingerprint density at radius 2 is 2.00 bits per heavy atom. The van der Waals surface area contributed by atoms with Crippen LogP contribution in [0.2, 0.25) is 0 Å². The fourth-order valence-corrected chi connectivity index (χ4v) is 1.93. The predicted octanol–water partition coefficient (Wildman–Crippen LogP) is 3.73. The first-order valence-corrected chi connectivity index (χ1v) is 6.03. The molecule has 0 unspecified atom stereocenters. The summed E-state index contributed by atoms with van der Waals surface area (Å²) in [6, 6.07) is 9.10. The molecule has 0 aliphatic rings. The molecule has 2 heteroatoms. The summed E-state index contributed by atoms with van der Waals surface area (Å²) < 4.78 is 1.15. The number of rotatable bonds is 5. The highest BCUT2D eigenvalue weighted by Gasteiger charge is 2.01. The third-order valence-corrected chi connectivity index (χ3v) is 2.96. The summed E-state index contributed by atoms with van der Waals surface area (Å²) in [6.07, 6.45) is 2.40. The van der Waals surface area contributed by atoms with Crippen molar-refractivity contribution >= 4 is 15.9 Å². The Morgan fingerprint density at radius 3 is 2.57 bits per heavy atom. The smallest absolute Gasteiger partial charge is 0.0208 e. The molecule has 0 aromatic heterocycles. The van der Waals surface area contributed by atoms with E-state index in [0.29, 0.717) is 6.04 Å². The lowest BCUT2D eigenvalue weighted by atomic mass is 10.1. The quantitative estimate of drug-likeness (QED) is 0.846. The van der Waals surface area contributed by atoms with Gasteiger partial charge in [0.2, 0.25) is 0 Å². The molecule has 1 aromatic rings. The van der Waals surface area contributed by atoms with Crippen molar-refractivity contribution in [3.63, 3.8) is 0 Å². The van der Waals surface area contributed by atoms with Crippen LogP contribution in [0.25, 0.3) is 0 Å². The Morgan fingerprint density at radius 1 is 1.29 bits per heavy atom. The van der Waals surface area contributed by atoms with Crippen molar-refractivity contribution in [2.45, 2.75) is 39.3 Å². The normalized spacial score (nSPS) is 10.9. The van der Waals surface area contributed by atoms with E-state index in [-0.39, 0.29) is 0 Å². The van der Waals surface area contributed by atoms with E-state index in [9.17, 15) is 0 Å². The van der Waals surface area contributed by atoms with E-state index in [1.807, 2.05) is 0 Å². The van der Waals surface area contributed by atoms with Crippen molar-refractivity contribution < 1.29 is 0 Å². The molecule has 1 aromatic carbocycles. The maximum absolute atomic E-state index is 3.54. The molecule has 0 heterocycles. The van der Waals surface area contributed by atoms with Gasteiger partial charge < -0.3 is 5.32 Å². The molecule has 0 saturated heterocycles. The third-order valence-electron chi connectivity index (χ3n) is 2.47. The van der Waals surface area contributed by atoms with Gasteiger partial charge in [-0.2, -0.15) is 0 Å². The lowest BCUT2D eigenvalue weighted by molar-refractivity contribution is 0.484. The van der Waals surface area contributed by atoms with Crippen LogP contribution in [-0.2, 0) is 6.54 Å². The lowest BCUT2D eigenvalue weighted by Crippen LogP contribution is -2.26. The van der Waals surface area contributed by atoms with Gasteiger partial charge >= 0.3 is 0 Å². The molecule has 14 heavy (non-hydrogen) atoms. The van der Waals surface area contributed by atoms with Gasteiger partial charge in [-0.05, 0) is 30.5 Å². The van der Waals surface area contributed by atoms with Gasteiger partial charge in [-0.25, -0.2) is 0 Å². The lowest BCUT2D eigenvalue weighted by Gasteiger charge is -2.14. The molecule has 0 aliphatic heterocycles. The zero-order chi connectivity index (χ0) is 10.4. The molecule has 78 valence electrons. The molecular weight excluding hydrogens is 238 g/mol. The highest BCUT2D eigenvalue weighted by Crippen LogP contribution is 2.11. The van der Waals surface area contributed by atoms with Crippen LogP contribution < -0.4 is 5.32 Å². The zero-order valence-electron chi connectivity index (χ0n) is 8.89. The van der Waals surface area contributed by atoms with Gasteiger partial charge in [-0.1, -0.05) is 41.9 Å². The van der Waals surface area contributed by atoms with E-state index in [2.05, 4.69) is 59.4 Å². The molecule has 0 spiro atoms. The van der Waals surface area contributed by atoms with E-state index in [4.69, 9.17) is 0 Å². The van der Waals surface area contributed by atoms with Crippen LogP contribution in [0.3, 0.4) is 0 Å². The maximum atomic E-state index is 3.54. The van der Waals surface area contributed by atoms with Crippen LogP contribution >= 0.6 is 15.9 Å². The Hall–Kier alpha value is -0.340. The SMILES string of the molecule is CCC(CC)NCc1cccc(Br)c1. The molecule has 1 N–H and O–H groups in total. The van der Waals surface area contributed by atoms with E-state index in [0.717, 1.165) is 11.0 Å². The van der Waals surface area contributed by atoms with Gasteiger partial charge in [-0.3, -0.25) is 0 Å². The van der Waals surface area contributed by atoms with Crippen LogP contribution in [0.15, 0.2) is 28.7 Å². The van der Waals surface area contributed by atoms with Crippen molar-refractivity contribution in [2.75, 3.05) is 0 Å². The second kappa shape index (κ2) is 6.20. The maximum Gasteiger partial charge on any atom is 0.0208 e. The summed E-state index contributed by atoms with van der Waals surface area (Å²) in [7, 11) is 0. The van der Waals surface area contributed by atoms with Crippen LogP contribution in [0.1, 0.15) is 32.3 Å². The highest BCUT2D eigenvalue weighted by molar-refractivity contribution is 9.10. The third kappa shape index (κ3) is 3.81. The minimum atomic E-state index is 0.647. The summed E-state index contributed by atoms with van der Waals surface area (Å²) in [5, 5.41) is 3.54. The summed E-state index contributed by atoms with van der Waals surface area (Å²) >= 11 is 3.48. The first kappa shape index (κ1) is 11.7. The highest BCUT2D eigenvalue weighted by atomic mass is 79.9. The van der Waals surface area contributed by atoms with Gasteiger partial charge in [0, 0.05) is 17.1 Å². The monoisotopic (exact) mass is 255 g/mol. The van der Waals surface area contributed by atoms with Crippen LogP contribution in [0.4, 0.5) is 0 Å². The average molecular weight is 256 g/mol. The number of hydrogen-bond donors (Lipinski definition) is 1. The Balaban J connectivity index is 2.44. The van der Waals surface area contributed by atoms with Gasteiger partial charge in [0.1, 0.15) is 0 Å². The molecular formula is C12H18BrN. The summed E-state index contributed by atoms with van der Waals surface area (Å²) in [4.78, 5) is 0. The predicted molar refractivity (Wildman–Crippen MR) is 65.4 cm³/mol. The Labute approximate surface area is 95.0 Å². The van der Waals surface area contributed by atoms with E-state index in [1.165, 1.54) is 18.4 Å². The van der Waals surface area contributed by atoms with Gasteiger partial charge in [0.15, 0.2) is 0 Å². The molecule has 1 rings (SSSR count). The molecule has 0 bridgehead atoms. The number of nitrogens with one attached hydrogen (secondary N) is 1.